The van der Waals surface area contributed by atoms with Crippen molar-refractivity contribution in [3.63, 3.8) is 0 Å². The van der Waals surface area contributed by atoms with Crippen LogP contribution >= 0.6 is 0 Å². The lowest BCUT2D eigenvalue weighted by molar-refractivity contribution is -0.138. The molecule has 1 saturated heterocycles. The first-order chi connectivity index (χ1) is 15.6. The fourth-order valence-corrected chi connectivity index (χ4v) is 3.75. The summed E-state index contributed by atoms with van der Waals surface area (Å²) in [6.45, 7) is 3.93. The Balaban J connectivity index is 1.52. The molecule has 0 radical (unpaired) electrons. The molecule has 1 amide bonds. The van der Waals surface area contributed by atoms with E-state index in [2.05, 4.69) is 10.1 Å². The Bertz CT molecular complexity index is 1220. The second-order valence-electron chi connectivity index (χ2n) is 8.38. The lowest BCUT2D eigenvalue weighted by atomic mass is 9.89. The molecule has 10 heteroatoms. The molecule has 1 unspecified atom stereocenters. The highest BCUT2D eigenvalue weighted by atomic mass is 19.4. The van der Waals surface area contributed by atoms with Crippen molar-refractivity contribution in [1.29, 1.82) is 5.26 Å². The van der Waals surface area contributed by atoms with Gasteiger partial charge in [0, 0.05) is 17.5 Å². The molecule has 1 aliphatic rings. The lowest BCUT2D eigenvalue weighted by Gasteiger charge is -2.24. The van der Waals surface area contributed by atoms with Gasteiger partial charge in [-0.1, -0.05) is 37.2 Å². The van der Waals surface area contributed by atoms with Crippen molar-refractivity contribution in [2.45, 2.75) is 32.7 Å². The van der Waals surface area contributed by atoms with Gasteiger partial charge in [-0.25, -0.2) is 0 Å². The molecule has 33 heavy (non-hydrogen) atoms. The van der Waals surface area contributed by atoms with Crippen molar-refractivity contribution in [2.75, 3.05) is 6.54 Å². The zero-order valence-corrected chi connectivity index (χ0v) is 17.8. The minimum absolute atomic E-state index is 0.0691. The molecule has 1 aromatic heterocycles. The van der Waals surface area contributed by atoms with E-state index in [9.17, 15) is 18.0 Å². The van der Waals surface area contributed by atoms with Crippen LogP contribution in [0.4, 0.5) is 13.2 Å². The highest BCUT2D eigenvalue weighted by Crippen LogP contribution is 2.38. The SMILES string of the molecule is CC1(C)CN(Cc2noc(-c3ccccc3)n2)C(=O)C1Oc1ccc(C#N)c(C(F)(F)F)c1. The minimum Gasteiger partial charge on any atom is -0.480 e. The van der Waals surface area contributed by atoms with Crippen LogP contribution < -0.4 is 4.74 Å². The molecule has 2 heterocycles. The molecule has 170 valence electrons. The number of aromatic nitrogens is 2. The second kappa shape index (κ2) is 8.24. The molecule has 1 aliphatic heterocycles. The number of ether oxygens (including phenoxy) is 1. The van der Waals surface area contributed by atoms with Crippen LogP contribution in [0.15, 0.2) is 53.1 Å². The van der Waals surface area contributed by atoms with Crippen LogP contribution in [-0.2, 0) is 17.5 Å². The van der Waals surface area contributed by atoms with Crippen molar-refractivity contribution < 1.29 is 27.2 Å². The maximum atomic E-state index is 13.3. The third-order valence-electron chi connectivity index (χ3n) is 5.34. The van der Waals surface area contributed by atoms with Gasteiger partial charge in [-0.15, -0.1) is 0 Å². The van der Waals surface area contributed by atoms with Crippen molar-refractivity contribution in [1.82, 2.24) is 15.0 Å². The normalized spacial score (nSPS) is 17.8. The van der Waals surface area contributed by atoms with E-state index in [1.807, 2.05) is 30.3 Å². The van der Waals surface area contributed by atoms with E-state index in [1.165, 1.54) is 17.0 Å². The summed E-state index contributed by atoms with van der Waals surface area (Å²) in [5.74, 6) is 0.0856. The van der Waals surface area contributed by atoms with Gasteiger partial charge in [0.25, 0.3) is 11.8 Å². The van der Waals surface area contributed by atoms with Crippen LogP contribution in [0.2, 0.25) is 0 Å². The molecule has 7 nitrogen and oxygen atoms in total. The number of alkyl halides is 3. The highest BCUT2D eigenvalue weighted by Gasteiger charge is 2.48. The molecule has 1 atom stereocenters. The topological polar surface area (TPSA) is 92.2 Å². The van der Waals surface area contributed by atoms with Crippen LogP contribution in [0.1, 0.15) is 30.8 Å². The number of rotatable bonds is 5. The fraction of sp³-hybridized carbons (Fsp3) is 0.304. The molecule has 1 fully saturated rings. The van der Waals surface area contributed by atoms with Gasteiger partial charge >= 0.3 is 6.18 Å². The van der Waals surface area contributed by atoms with Gasteiger partial charge < -0.3 is 14.2 Å². The van der Waals surface area contributed by atoms with E-state index >= 15 is 0 Å². The van der Waals surface area contributed by atoms with E-state index < -0.39 is 34.7 Å². The van der Waals surface area contributed by atoms with E-state index in [0.29, 0.717) is 11.7 Å². The van der Waals surface area contributed by atoms with E-state index in [-0.39, 0.29) is 18.8 Å². The zero-order chi connectivity index (χ0) is 23.8. The number of carbonyl (C=O) groups is 1. The Morgan fingerprint density at radius 3 is 2.64 bits per heavy atom. The minimum atomic E-state index is -4.72. The van der Waals surface area contributed by atoms with Crippen LogP contribution in [-0.4, -0.2) is 33.6 Å². The van der Waals surface area contributed by atoms with Gasteiger partial charge in [-0.05, 0) is 30.3 Å². The first kappa shape index (κ1) is 22.3. The first-order valence-corrected chi connectivity index (χ1v) is 10.0. The summed E-state index contributed by atoms with van der Waals surface area (Å²) in [7, 11) is 0. The Morgan fingerprint density at radius 1 is 1.24 bits per heavy atom. The van der Waals surface area contributed by atoms with Gasteiger partial charge in [-0.3, -0.25) is 4.79 Å². The third-order valence-corrected chi connectivity index (χ3v) is 5.34. The van der Waals surface area contributed by atoms with Crippen molar-refractivity contribution in [2.24, 2.45) is 5.41 Å². The van der Waals surface area contributed by atoms with Crippen LogP contribution in [0.25, 0.3) is 11.5 Å². The highest BCUT2D eigenvalue weighted by molar-refractivity contribution is 5.84. The Morgan fingerprint density at radius 2 is 1.97 bits per heavy atom. The maximum absolute atomic E-state index is 13.3. The summed E-state index contributed by atoms with van der Waals surface area (Å²) in [5.41, 5.74) is -1.58. The number of hydrogen-bond donors (Lipinski definition) is 0. The summed E-state index contributed by atoms with van der Waals surface area (Å²) in [4.78, 5) is 18.9. The predicted octanol–water partition coefficient (Wildman–Crippen LogP) is 4.44. The largest absolute Gasteiger partial charge is 0.480 e. The smallest absolute Gasteiger partial charge is 0.417 e. The third kappa shape index (κ3) is 4.53. The second-order valence-corrected chi connectivity index (χ2v) is 8.38. The van der Waals surface area contributed by atoms with Crippen LogP contribution in [0, 0.1) is 16.7 Å². The number of carbonyl (C=O) groups excluding carboxylic acids is 1. The molecule has 0 aliphatic carbocycles. The molecular formula is C23H19F3N4O3. The monoisotopic (exact) mass is 456 g/mol. The summed E-state index contributed by atoms with van der Waals surface area (Å²) in [6, 6.07) is 13.7. The first-order valence-electron chi connectivity index (χ1n) is 10.0. The van der Waals surface area contributed by atoms with Crippen LogP contribution in [0.5, 0.6) is 5.75 Å². The Hall–Kier alpha value is -3.87. The molecule has 3 aromatic rings. The predicted molar refractivity (Wildman–Crippen MR) is 110 cm³/mol. The molecule has 0 saturated carbocycles. The molecule has 0 N–H and O–H groups in total. The van der Waals surface area contributed by atoms with Gasteiger partial charge in [0.15, 0.2) is 11.9 Å². The number of benzene rings is 2. The zero-order valence-electron chi connectivity index (χ0n) is 17.8. The number of hydrogen-bond acceptors (Lipinski definition) is 6. The number of nitrogens with zero attached hydrogens (tertiary/aromatic N) is 4. The lowest BCUT2D eigenvalue weighted by Crippen LogP contribution is -2.36. The number of halogens is 3. The molecule has 2 aromatic carbocycles. The van der Waals surface area contributed by atoms with Crippen molar-refractivity contribution in [3.05, 3.63) is 65.5 Å². The van der Waals surface area contributed by atoms with E-state index in [1.54, 1.807) is 13.8 Å². The standard InChI is InChI=1S/C23H19F3N4O3/c1-22(2)13-30(12-18-28-20(33-29-18)14-6-4-3-5-7-14)21(31)19(22)32-16-9-8-15(11-27)17(10-16)23(24,25)26/h3-10,19H,12-13H2,1-2H3. The number of amides is 1. The Labute approximate surface area is 187 Å². The molecule has 0 spiro atoms. The average Bonchev–Trinajstić information content (AvgIpc) is 3.32. The molecule has 4 rings (SSSR count). The fourth-order valence-electron chi connectivity index (χ4n) is 3.75. The summed E-state index contributed by atoms with van der Waals surface area (Å²) in [5, 5.41) is 12.9. The average molecular weight is 456 g/mol. The summed E-state index contributed by atoms with van der Waals surface area (Å²) >= 11 is 0. The summed E-state index contributed by atoms with van der Waals surface area (Å²) in [6.07, 6.45) is -5.74. The van der Waals surface area contributed by atoms with Gasteiger partial charge in [0.2, 0.25) is 0 Å². The van der Waals surface area contributed by atoms with Crippen molar-refractivity contribution in [3.8, 4) is 23.3 Å². The van der Waals surface area contributed by atoms with Gasteiger partial charge in [-0.2, -0.15) is 23.4 Å². The number of nitriles is 1. The number of likely N-dealkylation sites (tertiary alicyclic amines) is 1. The quantitative estimate of drug-likeness (QED) is 0.564. The van der Waals surface area contributed by atoms with Crippen molar-refractivity contribution >= 4 is 5.91 Å². The van der Waals surface area contributed by atoms with E-state index in [0.717, 1.165) is 17.7 Å². The van der Waals surface area contributed by atoms with Gasteiger partial charge in [0.1, 0.15) is 5.75 Å². The van der Waals surface area contributed by atoms with Crippen LogP contribution in [0.3, 0.4) is 0 Å². The molecule has 0 bridgehead atoms. The molecular weight excluding hydrogens is 437 g/mol. The van der Waals surface area contributed by atoms with Gasteiger partial charge in [0.05, 0.1) is 23.7 Å². The summed E-state index contributed by atoms with van der Waals surface area (Å²) < 4.78 is 50.8. The Kier molecular flexibility index (Phi) is 5.57. The van der Waals surface area contributed by atoms with E-state index in [4.69, 9.17) is 14.5 Å². The maximum Gasteiger partial charge on any atom is 0.417 e.